The van der Waals surface area contributed by atoms with E-state index >= 15 is 0 Å². The fourth-order valence-electron chi connectivity index (χ4n) is 2.44. The lowest BCUT2D eigenvalue weighted by Crippen LogP contribution is -2.29. The van der Waals surface area contributed by atoms with E-state index in [-0.39, 0.29) is 24.4 Å². The molecule has 1 aliphatic heterocycles. The number of carbonyl (C=O) groups excluding carboxylic acids is 1. The quantitative estimate of drug-likeness (QED) is 0.902. The van der Waals surface area contributed by atoms with Crippen molar-refractivity contribution in [1.82, 2.24) is 4.90 Å². The second-order valence-electron chi connectivity index (χ2n) is 5.23. The molecule has 0 atom stereocenters. The summed E-state index contributed by atoms with van der Waals surface area (Å²) < 4.78 is 14.1. The molecule has 1 aromatic carbocycles. The van der Waals surface area contributed by atoms with Crippen LogP contribution < -0.4 is 4.90 Å². The standard InChI is InChI=1S/C15H19FN2O3/c1-17(9-6-14(19)20)15(21)11-4-5-13(12(16)10-11)18-7-2-3-8-18/h4-5,10H,2-3,6-9H2,1H3,(H,19,20). The fraction of sp³-hybridized carbons (Fsp3) is 0.467. The molecule has 2 rings (SSSR count). The number of benzene rings is 1. The fourth-order valence-corrected chi connectivity index (χ4v) is 2.44. The largest absolute Gasteiger partial charge is 0.481 e. The first kappa shape index (κ1) is 15.3. The third-order valence-electron chi connectivity index (χ3n) is 3.65. The molecule has 6 heteroatoms. The minimum absolute atomic E-state index is 0.101. The van der Waals surface area contributed by atoms with E-state index in [1.807, 2.05) is 4.90 Å². The molecule has 1 aliphatic rings. The van der Waals surface area contributed by atoms with Gasteiger partial charge in [-0.3, -0.25) is 9.59 Å². The summed E-state index contributed by atoms with van der Waals surface area (Å²) in [6, 6.07) is 4.45. The Balaban J connectivity index is 2.08. The van der Waals surface area contributed by atoms with E-state index < -0.39 is 11.8 Å². The summed E-state index contributed by atoms with van der Waals surface area (Å²) >= 11 is 0. The predicted octanol–water partition coefficient (Wildman–Crippen LogP) is 1.97. The van der Waals surface area contributed by atoms with Gasteiger partial charge in [0.1, 0.15) is 5.82 Å². The van der Waals surface area contributed by atoms with Crippen LogP contribution in [0.3, 0.4) is 0 Å². The highest BCUT2D eigenvalue weighted by molar-refractivity contribution is 5.94. The first-order valence-electron chi connectivity index (χ1n) is 7.01. The Hall–Kier alpha value is -2.11. The Kier molecular flexibility index (Phi) is 4.77. The highest BCUT2D eigenvalue weighted by Gasteiger charge is 2.19. The minimum atomic E-state index is -0.967. The SMILES string of the molecule is CN(CCC(=O)O)C(=O)c1ccc(N2CCCC2)c(F)c1. The molecular formula is C15H19FN2O3. The van der Waals surface area contributed by atoms with E-state index in [1.165, 1.54) is 18.0 Å². The number of halogens is 1. The van der Waals surface area contributed by atoms with Crippen molar-refractivity contribution in [2.24, 2.45) is 0 Å². The summed E-state index contributed by atoms with van der Waals surface area (Å²) in [7, 11) is 1.51. The van der Waals surface area contributed by atoms with Crippen molar-refractivity contribution in [3.05, 3.63) is 29.6 Å². The molecule has 0 radical (unpaired) electrons. The average Bonchev–Trinajstić information content (AvgIpc) is 2.97. The molecule has 0 spiro atoms. The second kappa shape index (κ2) is 6.56. The normalized spacial score (nSPS) is 14.3. The third-order valence-corrected chi connectivity index (χ3v) is 3.65. The number of hydrogen-bond acceptors (Lipinski definition) is 3. The monoisotopic (exact) mass is 294 g/mol. The molecule has 0 aromatic heterocycles. The van der Waals surface area contributed by atoms with Gasteiger partial charge in [-0.25, -0.2) is 4.39 Å². The van der Waals surface area contributed by atoms with Gasteiger partial charge in [0.15, 0.2) is 0 Å². The number of aliphatic carboxylic acids is 1. The van der Waals surface area contributed by atoms with Crippen molar-refractivity contribution in [2.45, 2.75) is 19.3 Å². The number of amides is 1. The molecule has 0 saturated carbocycles. The van der Waals surface area contributed by atoms with Gasteiger partial charge >= 0.3 is 5.97 Å². The molecule has 1 heterocycles. The van der Waals surface area contributed by atoms with Gasteiger partial charge < -0.3 is 14.9 Å². The summed E-state index contributed by atoms with van der Waals surface area (Å²) in [6.45, 7) is 1.77. The highest BCUT2D eigenvalue weighted by Crippen LogP contribution is 2.24. The molecule has 0 aliphatic carbocycles. The summed E-state index contributed by atoms with van der Waals surface area (Å²) in [5.41, 5.74) is 0.764. The molecule has 1 saturated heterocycles. The van der Waals surface area contributed by atoms with Crippen molar-refractivity contribution >= 4 is 17.6 Å². The molecule has 0 unspecified atom stereocenters. The van der Waals surface area contributed by atoms with Crippen LogP contribution in [0, 0.1) is 5.82 Å². The number of anilines is 1. The van der Waals surface area contributed by atoms with Crippen molar-refractivity contribution in [3.8, 4) is 0 Å². The van der Waals surface area contributed by atoms with Crippen LogP contribution >= 0.6 is 0 Å². The predicted molar refractivity (Wildman–Crippen MR) is 77.1 cm³/mol. The number of nitrogens with zero attached hydrogens (tertiary/aromatic N) is 2. The Morgan fingerprint density at radius 2 is 2.00 bits per heavy atom. The zero-order valence-electron chi connectivity index (χ0n) is 12.0. The Morgan fingerprint density at radius 3 is 2.57 bits per heavy atom. The van der Waals surface area contributed by atoms with Gasteiger partial charge in [-0.2, -0.15) is 0 Å². The molecular weight excluding hydrogens is 275 g/mol. The zero-order chi connectivity index (χ0) is 15.4. The van der Waals surface area contributed by atoms with E-state index in [9.17, 15) is 14.0 Å². The van der Waals surface area contributed by atoms with Gasteiger partial charge in [-0.1, -0.05) is 0 Å². The molecule has 0 bridgehead atoms. The van der Waals surface area contributed by atoms with Crippen molar-refractivity contribution < 1.29 is 19.1 Å². The van der Waals surface area contributed by atoms with E-state index in [0.717, 1.165) is 25.9 Å². The lowest BCUT2D eigenvalue weighted by molar-refractivity contribution is -0.137. The summed E-state index contributed by atoms with van der Waals surface area (Å²) in [5.74, 6) is -1.75. The summed E-state index contributed by atoms with van der Waals surface area (Å²) in [6.07, 6.45) is 1.98. The minimum Gasteiger partial charge on any atom is -0.481 e. The van der Waals surface area contributed by atoms with Gasteiger partial charge in [-0.15, -0.1) is 0 Å². The topological polar surface area (TPSA) is 60.9 Å². The van der Waals surface area contributed by atoms with Crippen molar-refractivity contribution in [3.63, 3.8) is 0 Å². The summed E-state index contributed by atoms with van der Waals surface area (Å²) in [4.78, 5) is 25.9. The summed E-state index contributed by atoms with van der Waals surface area (Å²) in [5, 5.41) is 8.61. The molecule has 114 valence electrons. The number of hydrogen-bond donors (Lipinski definition) is 1. The average molecular weight is 294 g/mol. The first-order valence-corrected chi connectivity index (χ1v) is 7.01. The van der Waals surface area contributed by atoms with Crippen LogP contribution in [0.1, 0.15) is 29.6 Å². The van der Waals surface area contributed by atoms with Crippen LogP contribution in [0.15, 0.2) is 18.2 Å². The molecule has 21 heavy (non-hydrogen) atoms. The number of carboxylic acid groups (broad SMARTS) is 1. The van der Waals surface area contributed by atoms with Crippen LogP contribution in [0.5, 0.6) is 0 Å². The Bertz CT molecular complexity index is 542. The molecule has 5 nitrogen and oxygen atoms in total. The molecule has 1 fully saturated rings. The molecule has 1 aromatic rings. The van der Waals surface area contributed by atoms with Crippen LogP contribution in [-0.4, -0.2) is 48.6 Å². The van der Waals surface area contributed by atoms with Gasteiger partial charge in [0.25, 0.3) is 5.91 Å². The number of carboxylic acids is 1. The van der Waals surface area contributed by atoms with E-state index in [1.54, 1.807) is 12.1 Å². The van der Waals surface area contributed by atoms with E-state index in [4.69, 9.17) is 5.11 Å². The number of carbonyl (C=O) groups is 2. The highest BCUT2D eigenvalue weighted by atomic mass is 19.1. The van der Waals surface area contributed by atoms with Gasteiger partial charge in [0.2, 0.25) is 0 Å². The Labute approximate surface area is 123 Å². The second-order valence-corrected chi connectivity index (χ2v) is 5.23. The third kappa shape index (κ3) is 3.71. The zero-order valence-corrected chi connectivity index (χ0v) is 12.0. The Morgan fingerprint density at radius 1 is 1.33 bits per heavy atom. The van der Waals surface area contributed by atoms with Crippen LogP contribution in [-0.2, 0) is 4.79 Å². The van der Waals surface area contributed by atoms with Crippen LogP contribution in [0.4, 0.5) is 10.1 Å². The maximum absolute atomic E-state index is 14.1. The lowest BCUT2D eigenvalue weighted by atomic mass is 10.1. The molecule has 1 N–H and O–H groups in total. The number of rotatable bonds is 5. The maximum atomic E-state index is 14.1. The first-order chi connectivity index (χ1) is 9.99. The van der Waals surface area contributed by atoms with Crippen molar-refractivity contribution in [1.29, 1.82) is 0 Å². The van der Waals surface area contributed by atoms with Crippen molar-refractivity contribution in [2.75, 3.05) is 31.6 Å². The van der Waals surface area contributed by atoms with E-state index in [0.29, 0.717) is 5.69 Å². The van der Waals surface area contributed by atoms with Gasteiger partial charge in [0, 0.05) is 32.2 Å². The van der Waals surface area contributed by atoms with Crippen LogP contribution in [0.2, 0.25) is 0 Å². The van der Waals surface area contributed by atoms with E-state index in [2.05, 4.69) is 0 Å². The maximum Gasteiger partial charge on any atom is 0.305 e. The van der Waals surface area contributed by atoms with Gasteiger partial charge in [-0.05, 0) is 31.0 Å². The molecule has 1 amide bonds. The lowest BCUT2D eigenvalue weighted by Gasteiger charge is -2.20. The van der Waals surface area contributed by atoms with Gasteiger partial charge in [0.05, 0.1) is 12.1 Å². The van der Waals surface area contributed by atoms with Crippen LogP contribution in [0.25, 0.3) is 0 Å². The smallest absolute Gasteiger partial charge is 0.305 e.